The summed E-state index contributed by atoms with van der Waals surface area (Å²) in [6.45, 7) is 2.19. The maximum absolute atomic E-state index is 12.2. The predicted molar refractivity (Wildman–Crippen MR) is 82.9 cm³/mol. The number of nitrogens with zero attached hydrogens (tertiary/aromatic N) is 1. The van der Waals surface area contributed by atoms with Gasteiger partial charge in [0.05, 0.1) is 0 Å². The third-order valence-electron chi connectivity index (χ3n) is 4.01. The van der Waals surface area contributed by atoms with Gasteiger partial charge in [-0.25, -0.2) is 4.79 Å². The van der Waals surface area contributed by atoms with Gasteiger partial charge in [0.15, 0.2) is 11.6 Å². The molecular formula is C15H21NO10. The molecule has 0 spiro atoms. The van der Waals surface area contributed by atoms with Crippen molar-refractivity contribution in [2.75, 3.05) is 19.8 Å². The molecule has 1 rings (SSSR count). The fourth-order valence-corrected chi connectivity index (χ4v) is 2.93. The molecule has 26 heavy (non-hydrogen) atoms. The number of hydrogen-bond acceptors (Lipinski definition) is 10. The number of aliphatic carboxylic acids is 1. The molecule has 0 aromatic rings. The molecule has 0 bridgehead atoms. The molecule has 1 N–H and O–H groups in total. The SMILES string of the molecule is CC(=O)OC[C@H](OC(C)=O)[C@](OC(C)=O)(C(=O)O)C1(N=O)CCOCC1. The predicted octanol–water partition coefficient (Wildman–Crippen LogP) is 0.183. The van der Waals surface area contributed by atoms with Crippen LogP contribution in [0.25, 0.3) is 0 Å². The number of carboxylic acids is 1. The summed E-state index contributed by atoms with van der Waals surface area (Å²) in [5.74, 6) is -4.51. The highest BCUT2D eigenvalue weighted by molar-refractivity contribution is 5.85. The minimum Gasteiger partial charge on any atom is -0.478 e. The molecule has 0 aliphatic carbocycles. The van der Waals surface area contributed by atoms with E-state index in [0.29, 0.717) is 0 Å². The monoisotopic (exact) mass is 375 g/mol. The second-order valence-corrected chi connectivity index (χ2v) is 5.77. The van der Waals surface area contributed by atoms with Crippen LogP contribution in [0.2, 0.25) is 0 Å². The van der Waals surface area contributed by atoms with E-state index in [-0.39, 0.29) is 26.1 Å². The van der Waals surface area contributed by atoms with Gasteiger partial charge in [0.1, 0.15) is 6.61 Å². The van der Waals surface area contributed by atoms with Crippen molar-refractivity contribution < 1.29 is 43.2 Å². The van der Waals surface area contributed by atoms with Gasteiger partial charge in [-0.2, -0.15) is 4.91 Å². The van der Waals surface area contributed by atoms with E-state index in [1.165, 1.54) is 0 Å². The highest BCUT2D eigenvalue weighted by Crippen LogP contribution is 2.43. The van der Waals surface area contributed by atoms with Crippen LogP contribution in [-0.2, 0) is 38.1 Å². The number of nitroso groups, excluding NO2 is 1. The summed E-state index contributed by atoms with van der Waals surface area (Å²) >= 11 is 0. The van der Waals surface area contributed by atoms with Gasteiger partial charge in [-0.05, 0) is 0 Å². The van der Waals surface area contributed by atoms with Crippen molar-refractivity contribution in [2.24, 2.45) is 5.18 Å². The van der Waals surface area contributed by atoms with Crippen molar-refractivity contribution in [3.05, 3.63) is 4.91 Å². The Kier molecular flexibility index (Phi) is 7.19. The molecule has 0 amide bonds. The van der Waals surface area contributed by atoms with E-state index in [0.717, 1.165) is 20.8 Å². The largest absolute Gasteiger partial charge is 0.478 e. The lowest BCUT2D eigenvalue weighted by Crippen LogP contribution is -2.70. The zero-order chi connectivity index (χ0) is 20.0. The zero-order valence-electron chi connectivity index (χ0n) is 14.7. The van der Waals surface area contributed by atoms with Gasteiger partial charge in [0.2, 0.25) is 0 Å². The summed E-state index contributed by atoms with van der Waals surface area (Å²) in [6, 6.07) is 0. The number of esters is 3. The van der Waals surface area contributed by atoms with E-state index in [9.17, 15) is 29.2 Å². The number of ether oxygens (including phenoxy) is 4. The van der Waals surface area contributed by atoms with E-state index in [1.807, 2.05) is 0 Å². The number of carboxylic acid groups (broad SMARTS) is 1. The molecule has 1 fully saturated rings. The molecule has 0 aromatic heterocycles. The molecule has 1 aliphatic heterocycles. The van der Waals surface area contributed by atoms with Crippen molar-refractivity contribution in [2.45, 2.75) is 50.9 Å². The summed E-state index contributed by atoms with van der Waals surface area (Å²) in [5.41, 5.74) is -4.67. The van der Waals surface area contributed by atoms with Crippen LogP contribution >= 0.6 is 0 Å². The molecule has 2 atom stereocenters. The third-order valence-corrected chi connectivity index (χ3v) is 4.01. The Labute approximate surface area is 148 Å². The van der Waals surface area contributed by atoms with Crippen molar-refractivity contribution in [3.8, 4) is 0 Å². The van der Waals surface area contributed by atoms with E-state index in [4.69, 9.17) is 18.9 Å². The molecule has 11 nitrogen and oxygen atoms in total. The second kappa shape index (κ2) is 8.70. The summed E-state index contributed by atoms with van der Waals surface area (Å²) in [5, 5.41) is 12.9. The summed E-state index contributed by atoms with van der Waals surface area (Å²) in [4.78, 5) is 58.3. The minimum absolute atomic E-state index is 0.0254. The van der Waals surface area contributed by atoms with Crippen LogP contribution in [0.3, 0.4) is 0 Å². The van der Waals surface area contributed by atoms with Crippen LogP contribution in [0.1, 0.15) is 33.6 Å². The van der Waals surface area contributed by atoms with Crippen LogP contribution in [0.15, 0.2) is 5.18 Å². The first-order chi connectivity index (χ1) is 12.1. The summed E-state index contributed by atoms with van der Waals surface area (Å²) < 4.78 is 20.0. The zero-order valence-corrected chi connectivity index (χ0v) is 14.7. The first-order valence-electron chi connectivity index (χ1n) is 7.77. The number of rotatable bonds is 8. The Hall–Kier alpha value is -2.56. The van der Waals surface area contributed by atoms with Crippen LogP contribution in [0.4, 0.5) is 0 Å². The molecule has 0 aromatic carbocycles. The Balaban J connectivity index is 3.57. The van der Waals surface area contributed by atoms with E-state index in [2.05, 4.69) is 5.18 Å². The molecular weight excluding hydrogens is 354 g/mol. The van der Waals surface area contributed by atoms with Gasteiger partial charge in [0.25, 0.3) is 5.60 Å². The smallest absolute Gasteiger partial charge is 0.355 e. The van der Waals surface area contributed by atoms with Crippen molar-refractivity contribution >= 4 is 23.9 Å². The van der Waals surface area contributed by atoms with Gasteiger partial charge in [-0.3, -0.25) is 14.4 Å². The van der Waals surface area contributed by atoms with Crippen LogP contribution in [0.5, 0.6) is 0 Å². The molecule has 1 aliphatic rings. The van der Waals surface area contributed by atoms with Crippen molar-refractivity contribution in [3.63, 3.8) is 0 Å². The van der Waals surface area contributed by atoms with Gasteiger partial charge in [-0.1, -0.05) is 5.18 Å². The van der Waals surface area contributed by atoms with Crippen LogP contribution in [0, 0.1) is 4.91 Å². The molecule has 11 heteroatoms. The first kappa shape index (κ1) is 21.5. The van der Waals surface area contributed by atoms with Crippen LogP contribution < -0.4 is 0 Å². The first-order valence-corrected chi connectivity index (χ1v) is 7.77. The molecule has 146 valence electrons. The Morgan fingerprint density at radius 2 is 1.69 bits per heavy atom. The van der Waals surface area contributed by atoms with Crippen molar-refractivity contribution in [1.82, 2.24) is 0 Å². The Morgan fingerprint density at radius 1 is 1.12 bits per heavy atom. The summed E-state index contributed by atoms with van der Waals surface area (Å²) in [6.07, 6.45) is -2.19. The van der Waals surface area contributed by atoms with Crippen molar-refractivity contribution in [1.29, 1.82) is 0 Å². The number of hydrogen-bond donors (Lipinski definition) is 1. The highest BCUT2D eigenvalue weighted by Gasteiger charge is 2.68. The fourth-order valence-electron chi connectivity index (χ4n) is 2.93. The summed E-state index contributed by atoms with van der Waals surface area (Å²) in [7, 11) is 0. The average Bonchev–Trinajstić information content (AvgIpc) is 2.56. The normalized spacial score (nSPS) is 19.3. The maximum Gasteiger partial charge on any atom is 0.355 e. The third kappa shape index (κ3) is 4.34. The van der Waals surface area contributed by atoms with E-state index >= 15 is 0 Å². The fraction of sp³-hybridized carbons (Fsp3) is 0.733. The number of carbonyl (C=O) groups is 4. The van der Waals surface area contributed by atoms with E-state index in [1.54, 1.807) is 0 Å². The number of carbonyl (C=O) groups excluding carboxylic acids is 3. The van der Waals surface area contributed by atoms with Gasteiger partial charge < -0.3 is 24.1 Å². The lowest BCUT2D eigenvalue weighted by Gasteiger charge is -2.46. The molecule has 0 radical (unpaired) electrons. The maximum atomic E-state index is 12.2. The molecule has 0 saturated carbocycles. The van der Waals surface area contributed by atoms with Gasteiger partial charge in [-0.15, -0.1) is 0 Å². The molecule has 1 saturated heterocycles. The highest BCUT2D eigenvalue weighted by atomic mass is 16.6. The topological polar surface area (TPSA) is 155 Å². The Bertz CT molecular complexity index is 583. The van der Waals surface area contributed by atoms with Gasteiger partial charge >= 0.3 is 23.9 Å². The molecule has 0 unspecified atom stereocenters. The Morgan fingerprint density at radius 3 is 2.08 bits per heavy atom. The standard InChI is InChI=1S/C15H21NO10/c1-9(17)24-8-12(25-10(2)18)15(13(20)21,26-11(3)19)14(16-22)4-6-23-7-5-14/h12H,4-8H2,1-3H3,(H,20,21)/t12-,15-/m0/s1. The average molecular weight is 375 g/mol. The van der Waals surface area contributed by atoms with E-state index < -0.39 is 47.7 Å². The lowest BCUT2D eigenvalue weighted by molar-refractivity contribution is -0.222. The second-order valence-electron chi connectivity index (χ2n) is 5.77. The van der Waals surface area contributed by atoms with Crippen LogP contribution in [-0.4, -0.2) is 66.0 Å². The molecule has 1 heterocycles. The minimum atomic E-state index is -2.69. The lowest BCUT2D eigenvalue weighted by atomic mass is 9.71. The quantitative estimate of drug-likeness (QED) is 0.353. The van der Waals surface area contributed by atoms with Gasteiger partial charge in [0, 0.05) is 46.8 Å².